The molecule has 3 rings (SSSR count). The maximum atomic E-state index is 12.5. The van der Waals surface area contributed by atoms with Gasteiger partial charge in [0.2, 0.25) is 0 Å². The molecular weight excluding hydrogens is 421 g/mol. The fourth-order valence-electron chi connectivity index (χ4n) is 1.75. The molecule has 21 heavy (non-hydrogen) atoms. The van der Waals surface area contributed by atoms with Gasteiger partial charge in [-0.15, -0.1) is 11.3 Å². The minimum atomic E-state index is -3.92. The molecule has 2 heterocycles. The van der Waals surface area contributed by atoms with E-state index in [4.69, 9.17) is 23.2 Å². The Kier molecular flexibility index (Phi) is 3.91. The summed E-state index contributed by atoms with van der Waals surface area (Å²) in [5.74, 6) is 0. The fourth-order valence-corrected chi connectivity index (χ4v) is 4.86. The maximum absolute atomic E-state index is 12.5. The predicted molar refractivity (Wildman–Crippen MR) is 88.0 cm³/mol. The Hall–Kier alpha value is -0.800. The van der Waals surface area contributed by atoms with Crippen molar-refractivity contribution >= 4 is 71.1 Å². The van der Waals surface area contributed by atoms with E-state index in [9.17, 15) is 8.42 Å². The number of rotatable bonds is 3. The molecule has 0 fully saturated rings. The van der Waals surface area contributed by atoms with Gasteiger partial charge in [-0.1, -0.05) is 39.1 Å². The van der Waals surface area contributed by atoms with Crippen LogP contribution in [0.5, 0.6) is 0 Å². The van der Waals surface area contributed by atoms with Gasteiger partial charge in [0.05, 0.1) is 10.7 Å². The highest BCUT2D eigenvalue weighted by Gasteiger charge is 2.25. The summed E-state index contributed by atoms with van der Waals surface area (Å²) in [6.07, 6.45) is 1.59. The van der Waals surface area contributed by atoms with Crippen LogP contribution in [0.15, 0.2) is 39.3 Å². The zero-order valence-corrected chi connectivity index (χ0v) is 14.8. The molecule has 0 atom stereocenters. The lowest BCUT2D eigenvalue weighted by Gasteiger charge is -2.09. The third kappa shape index (κ3) is 2.78. The molecule has 0 aliphatic heterocycles. The number of nitrogens with zero attached hydrogens (tertiary/aromatic N) is 2. The number of benzene rings is 1. The van der Waals surface area contributed by atoms with Crippen LogP contribution in [0.25, 0.3) is 4.96 Å². The van der Waals surface area contributed by atoms with Crippen LogP contribution >= 0.6 is 50.5 Å². The summed E-state index contributed by atoms with van der Waals surface area (Å²) in [5, 5.41) is 1.81. The van der Waals surface area contributed by atoms with Gasteiger partial charge in [-0.3, -0.25) is 9.12 Å². The second kappa shape index (κ2) is 5.44. The maximum Gasteiger partial charge on any atom is 0.281 e. The van der Waals surface area contributed by atoms with Crippen LogP contribution in [0.3, 0.4) is 0 Å². The Morgan fingerprint density at radius 3 is 2.86 bits per heavy atom. The average Bonchev–Trinajstić information content (AvgIpc) is 2.92. The van der Waals surface area contributed by atoms with Crippen molar-refractivity contribution in [2.75, 3.05) is 4.72 Å². The van der Waals surface area contributed by atoms with Gasteiger partial charge in [-0.05, 0) is 18.2 Å². The first-order valence-corrected chi connectivity index (χ1v) is 9.38. The van der Waals surface area contributed by atoms with Crippen LogP contribution in [0.2, 0.25) is 10.2 Å². The molecule has 0 saturated heterocycles. The molecule has 10 heteroatoms. The van der Waals surface area contributed by atoms with E-state index in [1.807, 2.05) is 0 Å². The average molecular weight is 427 g/mol. The largest absolute Gasteiger partial charge is 0.281 e. The Labute approximate surface area is 142 Å². The van der Waals surface area contributed by atoms with Gasteiger partial charge in [-0.2, -0.15) is 8.42 Å². The van der Waals surface area contributed by atoms with Crippen molar-refractivity contribution in [1.29, 1.82) is 0 Å². The number of nitrogens with one attached hydrogen (secondary N) is 1. The second-order valence-corrected chi connectivity index (χ2v) is 8.14. The molecular formula is C11H6BrCl2N3O2S2. The van der Waals surface area contributed by atoms with Crippen molar-refractivity contribution in [1.82, 2.24) is 9.38 Å². The van der Waals surface area contributed by atoms with Crippen molar-refractivity contribution in [2.24, 2.45) is 0 Å². The van der Waals surface area contributed by atoms with Crippen molar-refractivity contribution in [2.45, 2.75) is 5.03 Å². The smallest absolute Gasteiger partial charge is 0.278 e. The molecule has 0 radical (unpaired) electrons. The lowest BCUT2D eigenvalue weighted by atomic mass is 10.3. The zero-order chi connectivity index (χ0) is 15.2. The van der Waals surface area contributed by atoms with Crippen LogP contribution in [0.1, 0.15) is 0 Å². The van der Waals surface area contributed by atoms with E-state index >= 15 is 0 Å². The van der Waals surface area contributed by atoms with Crippen molar-refractivity contribution in [3.05, 3.63) is 44.4 Å². The molecule has 0 aliphatic carbocycles. The minimum Gasteiger partial charge on any atom is -0.278 e. The van der Waals surface area contributed by atoms with Gasteiger partial charge in [0.25, 0.3) is 10.0 Å². The van der Waals surface area contributed by atoms with E-state index < -0.39 is 10.0 Å². The Morgan fingerprint density at radius 1 is 1.33 bits per heavy atom. The molecule has 1 N–H and O–H groups in total. The van der Waals surface area contributed by atoms with E-state index in [0.29, 0.717) is 9.43 Å². The Bertz CT molecular complexity index is 936. The lowest BCUT2D eigenvalue weighted by molar-refractivity contribution is 0.596. The molecule has 0 unspecified atom stereocenters. The van der Waals surface area contributed by atoms with Crippen LogP contribution in [0.4, 0.5) is 5.69 Å². The van der Waals surface area contributed by atoms with Crippen LogP contribution in [-0.2, 0) is 10.0 Å². The van der Waals surface area contributed by atoms with E-state index in [0.717, 1.165) is 0 Å². The monoisotopic (exact) mass is 425 g/mol. The van der Waals surface area contributed by atoms with E-state index in [2.05, 4.69) is 25.6 Å². The number of anilines is 1. The Balaban J connectivity index is 2.10. The van der Waals surface area contributed by atoms with Gasteiger partial charge >= 0.3 is 0 Å². The van der Waals surface area contributed by atoms with Crippen molar-refractivity contribution in [3.8, 4) is 0 Å². The summed E-state index contributed by atoms with van der Waals surface area (Å²) in [6, 6.07) is 4.87. The first kappa shape index (κ1) is 15.1. The lowest BCUT2D eigenvalue weighted by Crippen LogP contribution is -2.15. The number of aromatic nitrogens is 2. The molecule has 3 aromatic rings. The number of fused-ring (bicyclic) bond motifs is 1. The highest BCUT2D eigenvalue weighted by molar-refractivity contribution is 9.10. The highest BCUT2D eigenvalue weighted by Crippen LogP contribution is 2.31. The SMILES string of the molecule is O=S(=O)(Nc1cc(Br)ccc1Cl)c1c(Cl)nc2sccn12. The molecule has 110 valence electrons. The number of sulfonamides is 1. The summed E-state index contributed by atoms with van der Waals surface area (Å²) in [5.41, 5.74) is 0.257. The zero-order valence-electron chi connectivity index (χ0n) is 10.0. The Morgan fingerprint density at radius 2 is 2.10 bits per heavy atom. The van der Waals surface area contributed by atoms with Crippen LogP contribution < -0.4 is 4.72 Å². The molecule has 2 aromatic heterocycles. The molecule has 1 aromatic carbocycles. The second-order valence-electron chi connectivity index (χ2n) is 3.99. The van der Waals surface area contributed by atoms with E-state index in [1.165, 1.54) is 15.7 Å². The van der Waals surface area contributed by atoms with Gasteiger partial charge in [-0.25, -0.2) is 4.98 Å². The van der Waals surface area contributed by atoms with Crippen molar-refractivity contribution < 1.29 is 8.42 Å². The molecule has 5 nitrogen and oxygen atoms in total. The van der Waals surface area contributed by atoms with E-state index in [1.54, 1.807) is 29.8 Å². The minimum absolute atomic E-state index is 0.0829. The van der Waals surface area contributed by atoms with Gasteiger partial charge < -0.3 is 0 Å². The summed E-state index contributed by atoms with van der Waals surface area (Å²) >= 11 is 16.5. The number of thiazole rings is 1. The van der Waals surface area contributed by atoms with Crippen LogP contribution in [0, 0.1) is 0 Å². The van der Waals surface area contributed by atoms with Crippen LogP contribution in [-0.4, -0.2) is 17.8 Å². The molecule has 0 bridgehead atoms. The molecule has 0 amide bonds. The molecule has 0 saturated carbocycles. The highest BCUT2D eigenvalue weighted by atomic mass is 79.9. The summed E-state index contributed by atoms with van der Waals surface area (Å²) < 4.78 is 29.6. The summed E-state index contributed by atoms with van der Waals surface area (Å²) in [4.78, 5) is 4.51. The summed E-state index contributed by atoms with van der Waals surface area (Å²) in [6.45, 7) is 0. The van der Waals surface area contributed by atoms with Crippen molar-refractivity contribution in [3.63, 3.8) is 0 Å². The van der Waals surface area contributed by atoms with Gasteiger partial charge in [0.15, 0.2) is 15.1 Å². The number of hydrogen-bond acceptors (Lipinski definition) is 4. The first-order valence-electron chi connectivity index (χ1n) is 5.47. The van der Waals surface area contributed by atoms with Gasteiger partial charge in [0.1, 0.15) is 0 Å². The van der Waals surface area contributed by atoms with E-state index in [-0.39, 0.29) is 20.9 Å². The van der Waals surface area contributed by atoms with Gasteiger partial charge in [0, 0.05) is 16.0 Å². The standard InChI is InChI=1S/C11H6BrCl2N3O2S2/c12-6-1-2-7(13)8(5-6)16-21(18,19)10-9(14)15-11-17(10)3-4-20-11/h1-5,16H. The molecule has 0 aliphatic rings. The first-order chi connectivity index (χ1) is 9.88. The summed E-state index contributed by atoms with van der Waals surface area (Å²) in [7, 11) is -3.92. The topological polar surface area (TPSA) is 63.5 Å². The third-order valence-corrected chi connectivity index (χ3v) is 5.95. The third-order valence-electron chi connectivity index (χ3n) is 2.61. The number of halogens is 3. The normalized spacial score (nSPS) is 12.0. The predicted octanol–water partition coefficient (Wildman–Crippen LogP) is 4.27. The fraction of sp³-hybridized carbons (Fsp3) is 0. The molecule has 0 spiro atoms. The quantitative estimate of drug-likeness (QED) is 0.680. The number of hydrogen-bond donors (Lipinski definition) is 1. The number of imidazole rings is 1.